The van der Waals surface area contributed by atoms with Crippen molar-refractivity contribution in [2.24, 2.45) is 5.73 Å². The first-order valence-corrected chi connectivity index (χ1v) is 7.07. The summed E-state index contributed by atoms with van der Waals surface area (Å²) in [5, 5.41) is 2.90. The molecule has 0 saturated heterocycles. The molecule has 21 heavy (non-hydrogen) atoms. The third-order valence-corrected chi connectivity index (χ3v) is 3.82. The van der Waals surface area contributed by atoms with Crippen molar-refractivity contribution in [1.29, 1.82) is 0 Å². The number of nitrogens with one attached hydrogen (secondary N) is 1. The van der Waals surface area contributed by atoms with Crippen LogP contribution in [0.4, 0.5) is 10.1 Å². The van der Waals surface area contributed by atoms with Crippen molar-refractivity contribution in [3.05, 3.63) is 65.0 Å². The Morgan fingerprint density at radius 1 is 1.10 bits per heavy atom. The molecule has 1 heterocycles. The van der Waals surface area contributed by atoms with E-state index in [1.54, 1.807) is 6.07 Å². The average molecular weight is 284 g/mol. The summed E-state index contributed by atoms with van der Waals surface area (Å²) in [7, 11) is 0. The Labute approximate surface area is 123 Å². The predicted molar refractivity (Wildman–Crippen MR) is 80.4 cm³/mol. The standard InChI is InChI=1S/C17H17FN2O/c18-14-5-1-4-12(10-14)17(19)13-7-8-15-11(9-13)3-2-6-16(21)20-15/h1,4-5,7-10,17H,2-3,6,19H2,(H,20,21). The van der Waals surface area contributed by atoms with Gasteiger partial charge in [0.05, 0.1) is 6.04 Å². The fraction of sp³-hybridized carbons (Fsp3) is 0.235. The number of benzene rings is 2. The molecule has 0 aliphatic carbocycles. The van der Waals surface area contributed by atoms with E-state index in [9.17, 15) is 9.18 Å². The van der Waals surface area contributed by atoms with Gasteiger partial charge in [0.25, 0.3) is 0 Å². The van der Waals surface area contributed by atoms with Crippen molar-refractivity contribution in [2.45, 2.75) is 25.3 Å². The summed E-state index contributed by atoms with van der Waals surface area (Å²) < 4.78 is 13.3. The lowest BCUT2D eigenvalue weighted by Crippen LogP contribution is -2.13. The van der Waals surface area contributed by atoms with Crippen molar-refractivity contribution in [3.63, 3.8) is 0 Å². The molecule has 1 amide bonds. The van der Waals surface area contributed by atoms with Crippen molar-refractivity contribution >= 4 is 11.6 Å². The molecule has 0 aromatic heterocycles. The van der Waals surface area contributed by atoms with Gasteiger partial charge in [0.1, 0.15) is 5.82 Å². The molecule has 4 heteroatoms. The minimum Gasteiger partial charge on any atom is -0.326 e. The number of hydrogen-bond acceptors (Lipinski definition) is 2. The molecule has 3 rings (SSSR count). The quantitative estimate of drug-likeness (QED) is 0.890. The number of carbonyl (C=O) groups excluding carboxylic acids is 1. The number of fused-ring (bicyclic) bond motifs is 1. The van der Waals surface area contributed by atoms with Crippen LogP contribution in [0, 0.1) is 5.82 Å². The second kappa shape index (κ2) is 5.66. The van der Waals surface area contributed by atoms with Crippen LogP contribution < -0.4 is 11.1 Å². The highest BCUT2D eigenvalue weighted by Gasteiger charge is 2.16. The third kappa shape index (κ3) is 2.95. The fourth-order valence-corrected chi connectivity index (χ4v) is 2.68. The topological polar surface area (TPSA) is 55.1 Å². The van der Waals surface area contributed by atoms with Crippen molar-refractivity contribution in [1.82, 2.24) is 0 Å². The monoisotopic (exact) mass is 284 g/mol. The molecule has 1 unspecified atom stereocenters. The van der Waals surface area contributed by atoms with E-state index in [-0.39, 0.29) is 17.8 Å². The lowest BCUT2D eigenvalue weighted by Gasteiger charge is -2.15. The van der Waals surface area contributed by atoms with E-state index < -0.39 is 0 Å². The van der Waals surface area contributed by atoms with E-state index in [1.165, 1.54) is 12.1 Å². The molecule has 3 nitrogen and oxygen atoms in total. The summed E-state index contributed by atoms with van der Waals surface area (Å²) in [6.07, 6.45) is 2.22. The summed E-state index contributed by atoms with van der Waals surface area (Å²) >= 11 is 0. The molecule has 1 aliphatic heterocycles. The first-order valence-electron chi connectivity index (χ1n) is 7.07. The van der Waals surface area contributed by atoms with E-state index in [2.05, 4.69) is 5.32 Å². The molecule has 108 valence electrons. The molecule has 3 N–H and O–H groups in total. The Morgan fingerprint density at radius 2 is 1.90 bits per heavy atom. The average Bonchev–Trinajstić information content (AvgIpc) is 2.66. The zero-order valence-corrected chi connectivity index (χ0v) is 11.6. The minimum absolute atomic E-state index is 0.0518. The summed E-state index contributed by atoms with van der Waals surface area (Å²) in [5.41, 5.74) is 9.84. The molecule has 1 aliphatic rings. The van der Waals surface area contributed by atoms with Gasteiger partial charge in [-0.2, -0.15) is 0 Å². The highest BCUT2D eigenvalue weighted by molar-refractivity contribution is 5.92. The van der Waals surface area contributed by atoms with Crippen LogP contribution in [0.25, 0.3) is 0 Å². The Hall–Kier alpha value is -2.20. The number of nitrogens with two attached hydrogens (primary N) is 1. The van der Waals surface area contributed by atoms with Crippen LogP contribution in [-0.2, 0) is 11.2 Å². The number of halogens is 1. The SMILES string of the molecule is NC(c1cccc(F)c1)c1ccc2c(c1)CCCC(=O)N2. The minimum atomic E-state index is -0.370. The van der Waals surface area contributed by atoms with Gasteiger partial charge in [-0.25, -0.2) is 4.39 Å². The second-order valence-electron chi connectivity index (χ2n) is 5.35. The lowest BCUT2D eigenvalue weighted by molar-refractivity contribution is -0.116. The maximum Gasteiger partial charge on any atom is 0.224 e. The Bertz CT molecular complexity index is 684. The fourth-order valence-electron chi connectivity index (χ4n) is 2.68. The Kier molecular flexibility index (Phi) is 3.71. The van der Waals surface area contributed by atoms with Crippen LogP contribution in [0.1, 0.15) is 35.6 Å². The van der Waals surface area contributed by atoms with Gasteiger partial charge in [-0.15, -0.1) is 0 Å². The predicted octanol–water partition coefficient (Wildman–Crippen LogP) is 3.15. The number of rotatable bonds is 2. The van der Waals surface area contributed by atoms with Gasteiger partial charge < -0.3 is 11.1 Å². The highest BCUT2D eigenvalue weighted by Crippen LogP contribution is 2.27. The maximum absolute atomic E-state index is 13.3. The molecule has 0 saturated carbocycles. The molecular weight excluding hydrogens is 267 g/mol. The van der Waals surface area contributed by atoms with E-state index in [1.807, 2.05) is 24.3 Å². The second-order valence-corrected chi connectivity index (χ2v) is 5.35. The van der Waals surface area contributed by atoms with Gasteiger partial charge in [-0.3, -0.25) is 4.79 Å². The summed E-state index contributed by atoms with van der Waals surface area (Å²) in [6, 6.07) is 11.8. The van der Waals surface area contributed by atoms with Gasteiger partial charge in [0.15, 0.2) is 0 Å². The van der Waals surface area contributed by atoms with Crippen LogP contribution in [0.3, 0.4) is 0 Å². The van der Waals surface area contributed by atoms with E-state index in [4.69, 9.17) is 5.73 Å². The van der Waals surface area contributed by atoms with Crippen LogP contribution in [0.2, 0.25) is 0 Å². The number of carbonyl (C=O) groups is 1. The Morgan fingerprint density at radius 3 is 2.71 bits per heavy atom. The van der Waals surface area contributed by atoms with Crippen LogP contribution in [0.15, 0.2) is 42.5 Å². The van der Waals surface area contributed by atoms with Crippen LogP contribution in [-0.4, -0.2) is 5.91 Å². The molecule has 0 bridgehead atoms. The van der Waals surface area contributed by atoms with Crippen molar-refractivity contribution in [2.75, 3.05) is 5.32 Å². The lowest BCUT2D eigenvalue weighted by atomic mass is 9.96. The van der Waals surface area contributed by atoms with E-state index in [0.29, 0.717) is 6.42 Å². The molecular formula is C17H17FN2O. The van der Waals surface area contributed by atoms with Gasteiger partial charge in [-0.05, 0) is 47.7 Å². The van der Waals surface area contributed by atoms with Crippen molar-refractivity contribution < 1.29 is 9.18 Å². The van der Waals surface area contributed by atoms with Gasteiger partial charge >= 0.3 is 0 Å². The molecule has 2 aromatic carbocycles. The Balaban J connectivity index is 1.93. The number of amides is 1. The molecule has 1 atom stereocenters. The summed E-state index contributed by atoms with van der Waals surface area (Å²) in [5.74, 6) is -0.235. The van der Waals surface area contributed by atoms with Gasteiger partial charge in [0, 0.05) is 12.1 Å². The van der Waals surface area contributed by atoms with Crippen LogP contribution >= 0.6 is 0 Å². The first-order chi connectivity index (χ1) is 10.1. The molecule has 2 aromatic rings. The molecule has 0 spiro atoms. The normalized spacial score (nSPS) is 15.8. The van der Waals surface area contributed by atoms with E-state index >= 15 is 0 Å². The number of anilines is 1. The first kappa shape index (κ1) is 13.8. The van der Waals surface area contributed by atoms with Crippen LogP contribution in [0.5, 0.6) is 0 Å². The number of aryl methyl sites for hydroxylation is 1. The van der Waals surface area contributed by atoms with Gasteiger partial charge in [0.2, 0.25) is 5.91 Å². The summed E-state index contributed by atoms with van der Waals surface area (Å²) in [4.78, 5) is 11.5. The molecule has 0 radical (unpaired) electrons. The highest BCUT2D eigenvalue weighted by atomic mass is 19.1. The van der Waals surface area contributed by atoms with E-state index in [0.717, 1.165) is 35.2 Å². The zero-order valence-electron chi connectivity index (χ0n) is 11.6. The zero-order chi connectivity index (χ0) is 14.8. The van der Waals surface area contributed by atoms with Gasteiger partial charge in [-0.1, -0.05) is 24.3 Å². The van der Waals surface area contributed by atoms with Crippen molar-refractivity contribution in [3.8, 4) is 0 Å². The number of hydrogen-bond donors (Lipinski definition) is 2. The smallest absolute Gasteiger partial charge is 0.224 e. The third-order valence-electron chi connectivity index (χ3n) is 3.82. The largest absolute Gasteiger partial charge is 0.326 e. The maximum atomic E-state index is 13.3. The summed E-state index contributed by atoms with van der Waals surface area (Å²) in [6.45, 7) is 0. The molecule has 0 fully saturated rings.